The molecule has 3 nitrogen and oxygen atoms in total. The molecule has 0 saturated carbocycles. The Morgan fingerprint density at radius 2 is 1.83 bits per heavy atom. The quantitative estimate of drug-likeness (QED) is 0.714. The molecule has 3 heteroatoms. The maximum atomic E-state index is 11.3. The number of nitrogens with one attached hydrogen (secondary N) is 1. The minimum Gasteiger partial charge on any atom is -0.349 e. The van der Waals surface area contributed by atoms with Crippen molar-refractivity contribution in [1.82, 2.24) is 10.2 Å². The average molecular weight is 248 g/mol. The molecule has 1 aromatic carbocycles. The Kier molecular flexibility index (Phi) is 7.11. The van der Waals surface area contributed by atoms with Crippen LogP contribution >= 0.6 is 0 Å². The predicted octanol–water partition coefficient (Wildman–Crippen LogP) is 2.08. The van der Waals surface area contributed by atoms with Gasteiger partial charge in [-0.3, -0.25) is 4.79 Å². The second-order valence-electron chi connectivity index (χ2n) is 4.73. The van der Waals surface area contributed by atoms with Gasteiger partial charge in [-0.25, -0.2) is 0 Å². The summed E-state index contributed by atoms with van der Waals surface area (Å²) >= 11 is 0. The fraction of sp³-hybridized carbons (Fsp3) is 0.533. The second-order valence-corrected chi connectivity index (χ2v) is 4.73. The first-order chi connectivity index (χ1) is 8.70. The van der Waals surface area contributed by atoms with Crippen molar-refractivity contribution < 1.29 is 4.79 Å². The third-order valence-corrected chi connectivity index (χ3v) is 2.93. The summed E-state index contributed by atoms with van der Waals surface area (Å²) in [6, 6.07) is 10.6. The number of amides is 1. The van der Waals surface area contributed by atoms with E-state index in [4.69, 9.17) is 0 Å². The van der Waals surface area contributed by atoms with Gasteiger partial charge in [-0.1, -0.05) is 30.3 Å². The minimum atomic E-state index is 0.187. The third-order valence-electron chi connectivity index (χ3n) is 2.93. The van der Waals surface area contributed by atoms with Gasteiger partial charge in [-0.2, -0.15) is 0 Å². The van der Waals surface area contributed by atoms with Crippen LogP contribution in [0.4, 0.5) is 0 Å². The molecule has 0 aliphatic heterocycles. The SMILES string of the molecule is CN(C)C(=O)CCNCCCCc1ccccc1. The molecule has 1 aromatic rings. The molecule has 0 atom stereocenters. The maximum Gasteiger partial charge on any atom is 0.223 e. The first-order valence-corrected chi connectivity index (χ1v) is 6.65. The van der Waals surface area contributed by atoms with Crippen LogP contribution in [0.3, 0.4) is 0 Å². The van der Waals surface area contributed by atoms with E-state index in [1.807, 2.05) is 6.07 Å². The summed E-state index contributed by atoms with van der Waals surface area (Å²) in [6.07, 6.45) is 4.08. The first kappa shape index (κ1) is 14.7. The summed E-state index contributed by atoms with van der Waals surface area (Å²) in [6.45, 7) is 1.77. The van der Waals surface area contributed by atoms with E-state index in [0.717, 1.165) is 25.9 Å². The maximum absolute atomic E-state index is 11.3. The van der Waals surface area contributed by atoms with Crippen molar-refractivity contribution in [3.63, 3.8) is 0 Å². The highest BCUT2D eigenvalue weighted by atomic mass is 16.2. The summed E-state index contributed by atoms with van der Waals surface area (Å²) in [5, 5.41) is 3.31. The molecule has 0 aromatic heterocycles. The Labute approximate surface area is 110 Å². The minimum absolute atomic E-state index is 0.187. The molecule has 0 heterocycles. The van der Waals surface area contributed by atoms with Gasteiger partial charge in [0.15, 0.2) is 0 Å². The largest absolute Gasteiger partial charge is 0.349 e. The molecule has 1 rings (SSSR count). The number of nitrogens with zero attached hydrogens (tertiary/aromatic N) is 1. The standard InChI is InChI=1S/C15H24N2O/c1-17(2)15(18)11-13-16-12-7-6-10-14-8-4-3-5-9-14/h3-5,8-9,16H,6-7,10-13H2,1-2H3. The van der Waals surface area contributed by atoms with Crippen LogP contribution in [0.25, 0.3) is 0 Å². The van der Waals surface area contributed by atoms with Crippen molar-refractivity contribution in [3.05, 3.63) is 35.9 Å². The number of benzene rings is 1. The molecule has 0 aliphatic rings. The monoisotopic (exact) mass is 248 g/mol. The molecule has 1 N–H and O–H groups in total. The molecular formula is C15H24N2O. The van der Waals surface area contributed by atoms with E-state index in [9.17, 15) is 4.79 Å². The summed E-state index contributed by atoms with van der Waals surface area (Å²) in [5.41, 5.74) is 1.40. The van der Waals surface area contributed by atoms with E-state index in [0.29, 0.717) is 6.42 Å². The van der Waals surface area contributed by atoms with Crippen molar-refractivity contribution in [1.29, 1.82) is 0 Å². The van der Waals surface area contributed by atoms with Crippen LogP contribution in [0.2, 0.25) is 0 Å². The van der Waals surface area contributed by atoms with Crippen LogP contribution in [-0.4, -0.2) is 38.0 Å². The molecule has 0 saturated heterocycles. The number of unbranched alkanes of at least 4 members (excludes halogenated alkanes) is 1. The molecular weight excluding hydrogens is 224 g/mol. The van der Waals surface area contributed by atoms with Crippen molar-refractivity contribution >= 4 is 5.91 Å². The molecule has 18 heavy (non-hydrogen) atoms. The Hall–Kier alpha value is -1.35. The van der Waals surface area contributed by atoms with Crippen molar-refractivity contribution in [3.8, 4) is 0 Å². The summed E-state index contributed by atoms with van der Waals surface area (Å²) in [7, 11) is 3.59. The topological polar surface area (TPSA) is 32.3 Å². The van der Waals surface area contributed by atoms with Crippen LogP contribution in [0.1, 0.15) is 24.8 Å². The molecule has 0 radical (unpaired) electrons. The van der Waals surface area contributed by atoms with Gasteiger partial charge in [-0.15, -0.1) is 0 Å². The highest BCUT2D eigenvalue weighted by Gasteiger charge is 2.01. The van der Waals surface area contributed by atoms with Crippen LogP contribution in [0, 0.1) is 0 Å². The van der Waals surface area contributed by atoms with Gasteiger partial charge < -0.3 is 10.2 Å². The zero-order valence-corrected chi connectivity index (χ0v) is 11.5. The normalized spacial score (nSPS) is 10.3. The number of carbonyl (C=O) groups is 1. The van der Waals surface area contributed by atoms with Gasteiger partial charge in [0, 0.05) is 27.1 Å². The van der Waals surface area contributed by atoms with Crippen molar-refractivity contribution in [2.75, 3.05) is 27.2 Å². The van der Waals surface area contributed by atoms with Crippen molar-refractivity contribution in [2.45, 2.75) is 25.7 Å². The molecule has 0 unspecified atom stereocenters. The fourth-order valence-corrected chi connectivity index (χ4v) is 1.77. The van der Waals surface area contributed by atoms with E-state index in [1.54, 1.807) is 19.0 Å². The van der Waals surface area contributed by atoms with Gasteiger partial charge in [0.2, 0.25) is 5.91 Å². The number of carbonyl (C=O) groups excluding carboxylic acids is 1. The number of hydrogen-bond donors (Lipinski definition) is 1. The molecule has 0 aliphatic carbocycles. The van der Waals surface area contributed by atoms with Crippen LogP contribution < -0.4 is 5.32 Å². The smallest absolute Gasteiger partial charge is 0.223 e. The van der Waals surface area contributed by atoms with Crippen LogP contribution in [0.15, 0.2) is 30.3 Å². The van der Waals surface area contributed by atoms with E-state index in [1.165, 1.54) is 12.0 Å². The Morgan fingerprint density at radius 3 is 2.50 bits per heavy atom. The van der Waals surface area contributed by atoms with E-state index < -0.39 is 0 Å². The summed E-state index contributed by atoms with van der Waals surface area (Å²) < 4.78 is 0. The molecule has 0 fully saturated rings. The number of rotatable bonds is 8. The zero-order valence-electron chi connectivity index (χ0n) is 11.5. The van der Waals surface area contributed by atoms with Crippen molar-refractivity contribution in [2.24, 2.45) is 0 Å². The Morgan fingerprint density at radius 1 is 1.11 bits per heavy atom. The van der Waals surface area contributed by atoms with Gasteiger partial charge in [0.1, 0.15) is 0 Å². The van der Waals surface area contributed by atoms with Gasteiger partial charge in [0.05, 0.1) is 0 Å². The fourth-order valence-electron chi connectivity index (χ4n) is 1.77. The molecule has 1 amide bonds. The highest BCUT2D eigenvalue weighted by Crippen LogP contribution is 2.03. The summed E-state index contributed by atoms with van der Waals surface area (Å²) in [5.74, 6) is 0.187. The second kappa shape index (κ2) is 8.70. The highest BCUT2D eigenvalue weighted by molar-refractivity contribution is 5.75. The number of hydrogen-bond acceptors (Lipinski definition) is 2. The van der Waals surface area contributed by atoms with Gasteiger partial charge >= 0.3 is 0 Å². The third kappa shape index (κ3) is 6.40. The lowest BCUT2D eigenvalue weighted by Gasteiger charge is -2.10. The zero-order chi connectivity index (χ0) is 13.2. The number of aryl methyl sites for hydroxylation is 1. The van der Waals surface area contributed by atoms with Crippen LogP contribution in [0.5, 0.6) is 0 Å². The van der Waals surface area contributed by atoms with Crippen LogP contribution in [-0.2, 0) is 11.2 Å². The van der Waals surface area contributed by atoms with Gasteiger partial charge in [-0.05, 0) is 31.4 Å². The molecule has 0 bridgehead atoms. The summed E-state index contributed by atoms with van der Waals surface area (Å²) in [4.78, 5) is 12.9. The Bertz CT molecular complexity index is 336. The molecule has 0 spiro atoms. The predicted molar refractivity (Wildman–Crippen MR) is 75.6 cm³/mol. The van der Waals surface area contributed by atoms with Gasteiger partial charge in [0.25, 0.3) is 0 Å². The first-order valence-electron chi connectivity index (χ1n) is 6.65. The van der Waals surface area contributed by atoms with E-state index in [-0.39, 0.29) is 5.91 Å². The average Bonchev–Trinajstić information content (AvgIpc) is 2.38. The lowest BCUT2D eigenvalue weighted by Crippen LogP contribution is -2.27. The van der Waals surface area contributed by atoms with E-state index in [2.05, 4.69) is 29.6 Å². The Balaban J connectivity index is 1.95. The molecule has 100 valence electrons. The lowest BCUT2D eigenvalue weighted by atomic mass is 10.1. The lowest BCUT2D eigenvalue weighted by molar-refractivity contribution is -0.128. The van der Waals surface area contributed by atoms with E-state index >= 15 is 0 Å².